The molecule has 14 heavy (non-hydrogen) atoms. The zero-order valence-electron chi connectivity index (χ0n) is 8.39. The van der Waals surface area contributed by atoms with Crippen LogP contribution in [0.25, 0.3) is 0 Å². The molecule has 0 amide bonds. The highest BCUT2D eigenvalue weighted by Crippen LogP contribution is 2.20. The van der Waals surface area contributed by atoms with Gasteiger partial charge in [-0.15, -0.1) is 0 Å². The molecule has 2 nitrogen and oxygen atoms in total. The van der Waals surface area contributed by atoms with Crippen LogP contribution in [0.3, 0.4) is 0 Å². The Kier molecular flexibility index (Phi) is 3.04. The summed E-state index contributed by atoms with van der Waals surface area (Å²) in [6, 6.07) is 4.13. The molecule has 1 atom stereocenters. The van der Waals surface area contributed by atoms with Crippen molar-refractivity contribution >= 4 is 11.6 Å². The molecule has 2 heterocycles. The van der Waals surface area contributed by atoms with Crippen molar-refractivity contribution in [1.29, 1.82) is 0 Å². The maximum Gasteiger partial charge on any atom is 0.132 e. The smallest absolute Gasteiger partial charge is 0.132 e. The zero-order chi connectivity index (χ0) is 9.97. The van der Waals surface area contributed by atoms with Gasteiger partial charge in [-0.3, -0.25) is 0 Å². The molecule has 1 aromatic heterocycles. The first kappa shape index (κ1) is 9.94. The van der Waals surface area contributed by atoms with Crippen LogP contribution in [0, 0.1) is 12.8 Å². The molecule has 76 valence electrons. The third-order valence-corrected chi connectivity index (χ3v) is 3.06. The third-order valence-electron chi connectivity index (χ3n) is 2.74. The van der Waals surface area contributed by atoms with Gasteiger partial charge in [0.1, 0.15) is 5.15 Å². The first-order chi connectivity index (χ1) is 6.75. The summed E-state index contributed by atoms with van der Waals surface area (Å²) in [5.41, 5.74) is 2.18. The Morgan fingerprint density at radius 3 is 3.07 bits per heavy atom. The Morgan fingerprint density at radius 1 is 1.57 bits per heavy atom. The Morgan fingerprint density at radius 2 is 2.43 bits per heavy atom. The van der Waals surface area contributed by atoms with Crippen LogP contribution in [-0.2, 0) is 6.42 Å². The highest BCUT2D eigenvalue weighted by atomic mass is 35.5. The van der Waals surface area contributed by atoms with Gasteiger partial charge in [0.25, 0.3) is 0 Å². The van der Waals surface area contributed by atoms with Crippen molar-refractivity contribution in [3.8, 4) is 0 Å². The van der Waals surface area contributed by atoms with E-state index in [0.717, 1.165) is 31.1 Å². The predicted molar refractivity (Wildman–Crippen MR) is 58.7 cm³/mol. The summed E-state index contributed by atoms with van der Waals surface area (Å²) in [4.78, 5) is 4.26. The van der Waals surface area contributed by atoms with Crippen LogP contribution >= 0.6 is 11.6 Å². The number of hydrogen-bond acceptors (Lipinski definition) is 2. The highest BCUT2D eigenvalue weighted by Gasteiger charge is 2.16. The molecule has 1 saturated heterocycles. The van der Waals surface area contributed by atoms with Crippen molar-refractivity contribution in [2.75, 3.05) is 13.1 Å². The van der Waals surface area contributed by atoms with Gasteiger partial charge in [-0.1, -0.05) is 17.7 Å². The van der Waals surface area contributed by atoms with E-state index in [1.54, 1.807) is 0 Å². The molecule has 0 aromatic carbocycles. The Hall–Kier alpha value is -0.600. The minimum Gasteiger partial charge on any atom is -0.316 e. The average molecular weight is 211 g/mol. The van der Waals surface area contributed by atoms with Crippen LogP contribution in [-0.4, -0.2) is 18.1 Å². The molecule has 0 spiro atoms. The summed E-state index contributed by atoms with van der Waals surface area (Å²) in [5, 5.41) is 4.04. The second-order valence-electron chi connectivity index (χ2n) is 3.97. The van der Waals surface area contributed by atoms with Crippen LogP contribution in [0.1, 0.15) is 17.7 Å². The second-order valence-corrected chi connectivity index (χ2v) is 4.32. The molecule has 1 N–H and O–H groups in total. The predicted octanol–water partition coefficient (Wildman–Crippen LogP) is 2.20. The lowest BCUT2D eigenvalue weighted by Crippen LogP contribution is -2.11. The van der Waals surface area contributed by atoms with Gasteiger partial charge in [-0.25, -0.2) is 4.98 Å². The van der Waals surface area contributed by atoms with E-state index in [1.807, 2.05) is 13.0 Å². The SMILES string of the molecule is Cc1ccc(CC2CCNC2)c(Cl)n1. The van der Waals surface area contributed by atoms with E-state index in [1.165, 1.54) is 12.0 Å². The van der Waals surface area contributed by atoms with Gasteiger partial charge in [0.2, 0.25) is 0 Å². The van der Waals surface area contributed by atoms with Crippen LogP contribution in [0.15, 0.2) is 12.1 Å². The van der Waals surface area contributed by atoms with E-state index in [4.69, 9.17) is 11.6 Å². The Balaban J connectivity index is 2.08. The lowest BCUT2D eigenvalue weighted by Gasteiger charge is -2.09. The number of halogens is 1. The van der Waals surface area contributed by atoms with Gasteiger partial charge >= 0.3 is 0 Å². The molecule has 1 unspecified atom stereocenters. The van der Waals surface area contributed by atoms with E-state index in [9.17, 15) is 0 Å². The molecule has 1 fully saturated rings. The number of aromatic nitrogens is 1. The molecular weight excluding hydrogens is 196 g/mol. The van der Waals surface area contributed by atoms with Gasteiger partial charge in [0.15, 0.2) is 0 Å². The summed E-state index contributed by atoms with van der Waals surface area (Å²) in [7, 11) is 0. The fraction of sp³-hybridized carbons (Fsp3) is 0.545. The molecule has 0 aliphatic carbocycles. The third kappa shape index (κ3) is 2.25. The molecule has 1 aromatic rings. The first-order valence-corrected chi connectivity index (χ1v) is 5.46. The van der Waals surface area contributed by atoms with Gasteiger partial charge in [0.05, 0.1) is 0 Å². The largest absolute Gasteiger partial charge is 0.316 e. The van der Waals surface area contributed by atoms with Crippen LogP contribution in [0.5, 0.6) is 0 Å². The topological polar surface area (TPSA) is 24.9 Å². The zero-order valence-corrected chi connectivity index (χ0v) is 9.14. The van der Waals surface area contributed by atoms with Crippen LogP contribution in [0.4, 0.5) is 0 Å². The standard InChI is InChI=1S/C11H15ClN2/c1-8-2-3-10(11(12)14-8)6-9-4-5-13-7-9/h2-3,9,13H,4-7H2,1H3. The second kappa shape index (κ2) is 4.28. The van der Waals surface area contributed by atoms with E-state index in [0.29, 0.717) is 5.15 Å². The fourth-order valence-electron chi connectivity index (χ4n) is 1.91. The maximum absolute atomic E-state index is 6.08. The number of pyridine rings is 1. The highest BCUT2D eigenvalue weighted by molar-refractivity contribution is 6.30. The van der Waals surface area contributed by atoms with Gasteiger partial charge in [-0.05, 0) is 50.4 Å². The van der Waals surface area contributed by atoms with Crippen molar-refractivity contribution in [2.24, 2.45) is 5.92 Å². The number of nitrogens with zero attached hydrogens (tertiary/aromatic N) is 1. The molecular formula is C11H15ClN2. The first-order valence-electron chi connectivity index (χ1n) is 5.08. The molecule has 1 aliphatic heterocycles. The summed E-state index contributed by atoms with van der Waals surface area (Å²) in [5.74, 6) is 0.733. The monoisotopic (exact) mass is 210 g/mol. The van der Waals surface area contributed by atoms with Crippen LogP contribution in [0.2, 0.25) is 5.15 Å². The number of nitrogens with one attached hydrogen (secondary N) is 1. The quantitative estimate of drug-likeness (QED) is 0.758. The summed E-state index contributed by atoms with van der Waals surface area (Å²) in [6.45, 7) is 4.22. The fourth-order valence-corrected chi connectivity index (χ4v) is 2.18. The van der Waals surface area contributed by atoms with E-state index in [-0.39, 0.29) is 0 Å². The Labute approximate surface area is 89.7 Å². The number of hydrogen-bond donors (Lipinski definition) is 1. The lowest BCUT2D eigenvalue weighted by atomic mass is 10.00. The molecule has 2 rings (SSSR count). The van der Waals surface area contributed by atoms with E-state index >= 15 is 0 Å². The van der Waals surface area contributed by atoms with E-state index < -0.39 is 0 Å². The minimum absolute atomic E-state index is 0.678. The van der Waals surface area contributed by atoms with Crippen molar-refractivity contribution in [2.45, 2.75) is 19.8 Å². The van der Waals surface area contributed by atoms with Gasteiger partial charge < -0.3 is 5.32 Å². The number of rotatable bonds is 2. The number of aryl methyl sites for hydroxylation is 1. The minimum atomic E-state index is 0.678. The normalized spacial score (nSPS) is 21.4. The van der Waals surface area contributed by atoms with Crippen LogP contribution < -0.4 is 5.32 Å². The molecule has 3 heteroatoms. The lowest BCUT2D eigenvalue weighted by molar-refractivity contribution is 0.579. The average Bonchev–Trinajstić information content (AvgIpc) is 2.62. The maximum atomic E-state index is 6.08. The molecule has 0 radical (unpaired) electrons. The van der Waals surface area contributed by atoms with E-state index in [2.05, 4.69) is 16.4 Å². The van der Waals surface area contributed by atoms with Gasteiger partial charge in [0, 0.05) is 5.69 Å². The summed E-state index contributed by atoms with van der Waals surface area (Å²) >= 11 is 6.08. The Bertz CT molecular complexity index is 319. The summed E-state index contributed by atoms with van der Waals surface area (Å²) < 4.78 is 0. The van der Waals surface area contributed by atoms with Crippen molar-refractivity contribution in [3.05, 3.63) is 28.5 Å². The van der Waals surface area contributed by atoms with Gasteiger partial charge in [-0.2, -0.15) is 0 Å². The van der Waals surface area contributed by atoms with Crippen molar-refractivity contribution in [1.82, 2.24) is 10.3 Å². The molecule has 0 saturated carbocycles. The molecule has 0 bridgehead atoms. The summed E-state index contributed by atoms with van der Waals surface area (Å²) in [6.07, 6.45) is 2.31. The molecule has 1 aliphatic rings. The van der Waals surface area contributed by atoms with Crippen molar-refractivity contribution in [3.63, 3.8) is 0 Å². The van der Waals surface area contributed by atoms with Crippen molar-refractivity contribution < 1.29 is 0 Å².